The molecule has 0 unspecified atom stereocenters. The largest absolute Gasteiger partial charge is 0.493 e. The zero-order chi connectivity index (χ0) is 20.5. The molecule has 3 aromatic carbocycles. The molecule has 0 spiro atoms. The minimum Gasteiger partial charge on any atom is -0.493 e. The van der Waals surface area contributed by atoms with E-state index in [0.717, 1.165) is 47.3 Å². The van der Waals surface area contributed by atoms with Gasteiger partial charge in [0.2, 0.25) is 0 Å². The molecule has 0 fully saturated rings. The number of benzene rings is 3. The van der Waals surface area contributed by atoms with Gasteiger partial charge in [0.25, 0.3) is 0 Å². The van der Waals surface area contributed by atoms with E-state index in [1.807, 2.05) is 48.5 Å². The fourth-order valence-electron chi connectivity index (χ4n) is 3.04. The van der Waals surface area contributed by atoms with Gasteiger partial charge in [-0.25, -0.2) is 0 Å². The summed E-state index contributed by atoms with van der Waals surface area (Å²) in [5, 5.41) is 4.20. The lowest BCUT2D eigenvalue weighted by Gasteiger charge is -2.11. The van der Waals surface area contributed by atoms with Crippen LogP contribution < -0.4 is 19.5 Å². The maximum atomic E-state index is 6.02. The standard InChI is InChI=1S/C24H26ClNO3/c1-27-23-10-9-18(15-24(23)28-2)11-12-26-16-19-5-4-8-22(14-19)29-17-20-6-3-7-21(25)13-20/h3-10,13-15,26H,11-12,16-17H2,1-2H3. The maximum absolute atomic E-state index is 6.02. The maximum Gasteiger partial charge on any atom is 0.160 e. The molecular formula is C24H26ClNO3. The highest BCUT2D eigenvalue weighted by molar-refractivity contribution is 6.30. The van der Waals surface area contributed by atoms with Crippen LogP contribution in [-0.2, 0) is 19.6 Å². The van der Waals surface area contributed by atoms with Crippen molar-refractivity contribution < 1.29 is 14.2 Å². The van der Waals surface area contributed by atoms with Crippen molar-refractivity contribution in [3.63, 3.8) is 0 Å². The quantitative estimate of drug-likeness (QED) is 0.461. The molecule has 0 heterocycles. The summed E-state index contributed by atoms with van der Waals surface area (Å²) in [6.07, 6.45) is 0.908. The van der Waals surface area contributed by atoms with Crippen LogP contribution in [0.1, 0.15) is 16.7 Å². The van der Waals surface area contributed by atoms with Gasteiger partial charge in [0, 0.05) is 11.6 Å². The second-order valence-electron chi connectivity index (χ2n) is 6.68. The van der Waals surface area contributed by atoms with Crippen molar-refractivity contribution in [2.75, 3.05) is 20.8 Å². The smallest absolute Gasteiger partial charge is 0.160 e. The van der Waals surface area contributed by atoms with Crippen LogP contribution >= 0.6 is 11.6 Å². The molecule has 5 heteroatoms. The van der Waals surface area contributed by atoms with Crippen LogP contribution in [0, 0.1) is 0 Å². The lowest BCUT2D eigenvalue weighted by molar-refractivity contribution is 0.306. The van der Waals surface area contributed by atoms with Crippen LogP contribution in [0.25, 0.3) is 0 Å². The van der Waals surface area contributed by atoms with Crippen molar-refractivity contribution >= 4 is 11.6 Å². The van der Waals surface area contributed by atoms with Crippen molar-refractivity contribution in [2.45, 2.75) is 19.6 Å². The minimum atomic E-state index is 0.497. The Hall–Kier alpha value is -2.69. The second-order valence-corrected chi connectivity index (χ2v) is 7.12. The first-order valence-corrected chi connectivity index (χ1v) is 9.93. The number of methoxy groups -OCH3 is 2. The molecule has 0 saturated heterocycles. The predicted molar refractivity (Wildman–Crippen MR) is 117 cm³/mol. The van der Waals surface area contributed by atoms with Gasteiger partial charge in [-0.15, -0.1) is 0 Å². The Kier molecular flexibility index (Phi) is 7.79. The van der Waals surface area contributed by atoms with E-state index in [1.165, 1.54) is 11.1 Å². The van der Waals surface area contributed by atoms with Crippen LogP contribution in [0.2, 0.25) is 5.02 Å². The fraction of sp³-hybridized carbons (Fsp3) is 0.250. The molecule has 3 rings (SSSR count). The van der Waals surface area contributed by atoms with Crippen LogP contribution in [0.15, 0.2) is 66.7 Å². The Morgan fingerprint density at radius 2 is 1.59 bits per heavy atom. The van der Waals surface area contributed by atoms with Crippen LogP contribution in [-0.4, -0.2) is 20.8 Å². The molecule has 0 radical (unpaired) electrons. The van der Waals surface area contributed by atoms with E-state index in [4.69, 9.17) is 25.8 Å². The molecule has 0 aliphatic rings. The van der Waals surface area contributed by atoms with E-state index in [1.54, 1.807) is 14.2 Å². The van der Waals surface area contributed by atoms with Crippen molar-refractivity contribution in [1.82, 2.24) is 5.32 Å². The zero-order valence-electron chi connectivity index (χ0n) is 16.8. The highest BCUT2D eigenvalue weighted by Gasteiger charge is 2.04. The average Bonchev–Trinajstić information content (AvgIpc) is 2.75. The van der Waals surface area contributed by atoms with Crippen LogP contribution in [0.3, 0.4) is 0 Å². The summed E-state index contributed by atoms with van der Waals surface area (Å²) in [7, 11) is 3.30. The van der Waals surface area contributed by atoms with Gasteiger partial charge in [0.05, 0.1) is 14.2 Å². The van der Waals surface area contributed by atoms with E-state index < -0.39 is 0 Å². The van der Waals surface area contributed by atoms with Gasteiger partial charge >= 0.3 is 0 Å². The van der Waals surface area contributed by atoms with Crippen LogP contribution in [0.4, 0.5) is 0 Å². The molecule has 4 nitrogen and oxygen atoms in total. The van der Waals surface area contributed by atoms with Gasteiger partial charge in [-0.05, 0) is 66.1 Å². The lowest BCUT2D eigenvalue weighted by Crippen LogP contribution is -2.16. The molecular weight excluding hydrogens is 386 g/mol. The summed E-state index contributed by atoms with van der Waals surface area (Å²) < 4.78 is 16.5. The first-order valence-electron chi connectivity index (χ1n) is 9.56. The minimum absolute atomic E-state index is 0.497. The molecule has 0 aliphatic heterocycles. The van der Waals surface area contributed by atoms with Crippen molar-refractivity contribution in [1.29, 1.82) is 0 Å². The predicted octanol–water partition coefficient (Wildman–Crippen LogP) is 5.27. The number of rotatable bonds is 10. The number of hydrogen-bond donors (Lipinski definition) is 1. The summed E-state index contributed by atoms with van der Waals surface area (Å²) in [4.78, 5) is 0. The molecule has 0 aliphatic carbocycles. The van der Waals surface area contributed by atoms with Gasteiger partial charge in [0.1, 0.15) is 12.4 Å². The van der Waals surface area contributed by atoms with Crippen molar-refractivity contribution in [2.24, 2.45) is 0 Å². The number of hydrogen-bond acceptors (Lipinski definition) is 4. The fourth-order valence-corrected chi connectivity index (χ4v) is 3.25. The molecule has 0 aromatic heterocycles. The highest BCUT2D eigenvalue weighted by atomic mass is 35.5. The normalized spacial score (nSPS) is 10.6. The molecule has 0 amide bonds. The number of nitrogens with one attached hydrogen (secondary N) is 1. The van der Waals surface area contributed by atoms with E-state index in [0.29, 0.717) is 6.61 Å². The van der Waals surface area contributed by atoms with Crippen molar-refractivity contribution in [3.8, 4) is 17.2 Å². The van der Waals surface area contributed by atoms with Gasteiger partial charge < -0.3 is 19.5 Å². The molecule has 152 valence electrons. The number of ether oxygens (including phenoxy) is 3. The van der Waals surface area contributed by atoms with Gasteiger partial charge in [-0.3, -0.25) is 0 Å². The van der Waals surface area contributed by atoms with Gasteiger partial charge in [-0.1, -0.05) is 41.9 Å². The summed E-state index contributed by atoms with van der Waals surface area (Å²) in [6, 6.07) is 21.9. The lowest BCUT2D eigenvalue weighted by atomic mass is 10.1. The van der Waals surface area contributed by atoms with Gasteiger partial charge in [0.15, 0.2) is 11.5 Å². The first-order chi connectivity index (χ1) is 14.2. The summed E-state index contributed by atoms with van der Waals surface area (Å²) in [5.74, 6) is 2.36. The Labute approximate surface area is 177 Å². The van der Waals surface area contributed by atoms with Gasteiger partial charge in [-0.2, -0.15) is 0 Å². The Morgan fingerprint density at radius 3 is 2.38 bits per heavy atom. The molecule has 0 atom stereocenters. The first kappa shape index (κ1) is 21.0. The average molecular weight is 412 g/mol. The summed E-state index contributed by atoms with van der Waals surface area (Å²) in [5.41, 5.74) is 3.44. The Balaban J connectivity index is 1.47. The topological polar surface area (TPSA) is 39.7 Å². The Morgan fingerprint density at radius 1 is 0.793 bits per heavy atom. The zero-order valence-corrected chi connectivity index (χ0v) is 17.5. The molecule has 0 saturated carbocycles. The third-order valence-electron chi connectivity index (χ3n) is 4.56. The van der Waals surface area contributed by atoms with E-state index in [-0.39, 0.29) is 0 Å². The molecule has 29 heavy (non-hydrogen) atoms. The van der Waals surface area contributed by atoms with E-state index in [9.17, 15) is 0 Å². The summed E-state index contributed by atoms with van der Waals surface area (Å²) >= 11 is 6.02. The highest BCUT2D eigenvalue weighted by Crippen LogP contribution is 2.27. The third-order valence-corrected chi connectivity index (χ3v) is 4.80. The van der Waals surface area contributed by atoms with Crippen molar-refractivity contribution in [3.05, 3.63) is 88.4 Å². The van der Waals surface area contributed by atoms with E-state index >= 15 is 0 Å². The second kappa shape index (κ2) is 10.7. The SMILES string of the molecule is COc1ccc(CCNCc2cccc(OCc3cccc(Cl)c3)c2)cc1OC. The molecule has 3 aromatic rings. The molecule has 0 bridgehead atoms. The Bertz CT molecular complexity index is 930. The van der Waals surface area contributed by atoms with Crippen LogP contribution in [0.5, 0.6) is 17.2 Å². The third kappa shape index (κ3) is 6.41. The van der Waals surface area contributed by atoms with E-state index in [2.05, 4.69) is 23.5 Å². The number of halogens is 1. The molecule has 1 N–H and O–H groups in total. The summed E-state index contributed by atoms with van der Waals surface area (Å²) in [6.45, 7) is 2.14. The monoisotopic (exact) mass is 411 g/mol.